The van der Waals surface area contributed by atoms with Gasteiger partial charge in [0, 0.05) is 49.3 Å². The number of carbonyl (C=O) groups is 1. The van der Waals surface area contributed by atoms with Gasteiger partial charge in [-0.3, -0.25) is 9.78 Å². The molecule has 1 fully saturated rings. The highest BCUT2D eigenvalue weighted by atomic mass is 16.2. The van der Waals surface area contributed by atoms with E-state index in [9.17, 15) is 4.79 Å². The lowest BCUT2D eigenvalue weighted by Crippen LogP contribution is -2.46. The molecule has 0 saturated carbocycles. The number of carbonyl (C=O) groups excluding carboxylic acids is 1. The van der Waals surface area contributed by atoms with Crippen molar-refractivity contribution in [3.8, 4) is 0 Å². The highest BCUT2D eigenvalue weighted by molar-refractivity contribution is 5.93. The summed E-state index contributed by atoms with van der Waals surface area (Å²) in [5.41, 5.74) is 2.53. The molecule has 0 radical (unpaired) electrons. The van der Waals surface area contributed by atoms with E-state index in [0.29, 0.717) is 5.69 Å². The average Bonchev–Trinajstić information content (AvgIpc) is 2.61. The SMILES string of the molecule is CC(C)(C)NC(=O)c1cc(N2CCN(c3ccccc3)CC2)ccn1. The average molecular weight is 338 g/mol. The molecule has 5 heteroatoms. The molecular weight excluding hydrogens is 312 g/mol. The summed E-state index contributed by atoms with van der Waals surface area (Å²) < 4.78 is 0. The number of amides is 1. The van der Waals surface area contributed by atoms with Crippen molar-refractivity contribution in [3.63, 3.8) is 0 Å². The van der Waals surface area contributed by atoms with E-state index in [1.54, 1.807) is 6.20 Å². The zero-order valence-electron chi connectivity index (χ0n) is 15.2. The number of piperazine rings is 1. The molecule has 1 amide bonds. The molecule has 1 N–H and O–H groups in total. The molecule has 1 aromatic heterocycles. The summed E-state index contributed by atoms with van der Waals surface area (Å²) >= 11 is 0. The maximum absolute atomic E-state index is 12.3. The minimum absolute atomic E-state index is 0.128. The fraction of sp³-hybridized carbons (Fsp3) is 0.400. The van der Waals surface area contributed by atoms with Gasteiger partial charge in [0.2, 0.25) is 0 Å². The number of anilines is 2. The number of nitrogens with one attached hydrogen (secondary N) is 1. The quantitative estimate of drug-likeness (QED) is 0.935. The van der Waals surface area contributed by atoms with Crippen molar-refractivity contribution < 1.29 is 4.79 Å². The first-order valence-electron chi connectivity index (χ1n) is 8.76. The van der Waals surface area contributed by atoms with Gasteiger partial charge >= 0.3 is 0 Å². The summed E-state index contributed by atoms with van der Waals surface area (Å²) in [4.78, 5) is 21.3. The van der Waals surface area contributed by atoms with Crippen LogP contribution in [0.15, 0.2) is 48.7 Å². The van der Waals surface area contributed by atoms with Crippen molar-refractivity contribution in [3.05, 3.63) is 54.4 Å². The van der Waals surface area contributed by atoms with Crippen LogP contribution in [0.25, 0.3) is 0 Å². The van der Waals surface area contributed by atoms with Crippen LogP contribution in [0, 0.1) is 0 Å². The number of aromatic nitrogens is 1. The van der Waals surface area contributed by atoms with E-state index < -0.39 is 0 Å². The molecule has 1 aliphatic rings. The van der Waals surface area contributed by atoms with Crippen LogP contribution in [0.4, 0.5) is 11.4 Å². The minimum Gasteiger partial charge on any atom is -0.368 e. The van der Waals surface area contributed by atoms with Crippen LogP contribution < -0.4 is 15.1 Å². The Balaban J connectivity index is 1.66. The maximum Gasteiger partial charge on any atom is 0.270 e. The number of benzene rings is 1. The van der Waals surface area contributed by atoms with Gasteiger partial charge in [0.15, 0.2) is 0 Å². The second-order valence-corrected chi connectivity index (χ2v) is 7.41. The molecule has 1 saturated heterocycles. The highest BCUT2D eigenvalue weighted by Gasteiger charge is 2.20. The van der Waals surface area contributed by atoms with Crippen molar-refractivity contribution in [2.75, 3.05) is 36.0 Å². The minimum atomic E-state index is -0.268. The predicted molar refractivity (Wildman–Crippen MR) is 102 cm³/mol. The molecule has 1 aliphatic heterocycles. The first-order valence-corrected chi connectivity index (χ1v) is 8.76. The van der Waals surface area contributed by atoms with Crippen LogP contribution in [0.5, 0.6) is 0 Å². The van der Waals surface area contributed by atoms with Crippen molar-refractivity contribution >= 4 is 17.3 Å². The van der Waals surface area contributed by atoms with E-state index in [-0.39, 0.29) is 11.4 Å². The lowest BCUT2D eigenvalue weighted by molar-refractivity contribution is 0.0914. The molecule has 25 heavy (non-hydrogen) atoms. The smallest absolute Gasteiger partial charge is 0.270 e. The van der Waals surface area contributed by atoms with E-state index in [0.717, 1.165) is 31.9 Å². The summed E-state index contributed by atoms with van der Waals surface area (Å²) in [5.74, 6) is -0.128. The van der Waals surface area contributed by atoms with Crippen LogP contribution in [0.3, 0.4) is 0 Å². The number of hydrogen-bond donors (Lipinski definition) is 1. The van der Waals surface area contributed by atoms with Gasteiger partial charge in [-0.1, -0.05) is 18.2 Å². The van der Waals surface area contributed by atoms with Gasteiger partial charge in [0.05, 0.1) is 0 Å². The van der Waals surface area contributed by atoms with Crippen LogP contribution in [0.1, 0.15) is 31.3 Å². The summed E-state index contributed by atoms with van der Waals surface area (Å²) in [6.07, 6.45) is 1.72. The molecule has 2 heterocycles. The molecular formula is C20H26N4O. The molecule has 0 spiro atoms. The molecule has 0 bridgehead atoms. The van der Waals surface area contributed by atoms with Gasteiger partial charge in [0.25, 0.3) is 5.91 Å². The van der Waals surface area contributed by atoms with Gasteiger partial charge in [-0.05, 0) is 45.0 Å². The first kappa shape index (κ1) is 17.3. The maximum atomic E-state index is 12.3. The Labute approximate surface area is 149 Å². The van der Waals surface area contributed by atoms with Gasteiger partial charge < -0.3 is 15.1 Å². The van der Waals surface area contributed by atoms with Crippen LogP contribution in [-0.4, -0.2) is 42.6 Å². The van der Waals surface area contributed by atoms with E-state index in [4.69, 9.17) is 0 Å². The van der Waals surface area contributed by atoms with Crippen LogP contribution in [0.2, 0.25) is 0 Å². The molecule has 3 rings (SSSR count). The van der Waals surface area contributed by atoms with E-state index in [1.165, 1.54) is 5.69 Å². The number of para-hydroxylation sites is 1. The van der Waals surface area contributed by atoms with Crippen molar-refractivity contribution in [1.82, 2.24) is 10.3 Å². The van der Waals surface area contributed by atoms with Crippen LogP contribution in [-0.2, 0) is 0 Å². The van der Waals surface area contributed by atoms with Crippen molar-refractivity contribution in [2.45, 2.75) is 26.3 Å². The number of hydrogen-bond acceptors (Lipinski definition) is 4. The summed E-state index contributed by atoms with van der Waals surface area (Å²) in [7, 11) is 0. The van der Waals surface area contributed by atoms with Gasteiger partial charge in [0.1, 0.15) is 5.69 Å². The number of rotatable bonds is 3. The monoisotopic (exact) mass is 338 g/mol. The molecule has 5 nitrogen and oxygen atoms in total. The van der Waals surface area contributed by atoms with Crippen molar-refractivity contribution in [1.29, 1.82) is 0 Å². The van der Waals surface area contributed by atoms with E-state index in [1.807, 2.05) is 39.0 Å². The fourth-order valence-corrected chi connectivity index (χ4v) is 3.01. The Bertz CT molecular complexity index is 716. The Morgan fingerprint density at radius 1 is 0.960 bits per heavy atom. The Kier molecular flexibility index (Phi) is 4.93. The van der Waals surface area contributed by atoms with Crippen molar-refractivity contribution in [2.24, 2.45) is 0 Å². The lowest BCUT2D eigenvalue weighted by Gasteiger charge is -2.37. The predicted octanol–water partition coefficient (Wildman–Crippen LogP) is 2.94. The van der Waals surface area contributed by atoms with Gasteiger partial charge in [-0.15, -0.1) is 0 Å². The Morgan fingerprint density at radius 2 is 1.56 bits per heavy atom. The molecule has 0 unspecified atom stereocenters. The lowest BCUT2D eigenvalue weighted by atomic mass is 10.1. The summed E-state index contributed by atoms with van der Waals surface area (Å²) in [6, 6.07) is 14.4. The Hall–Kier alpha value is -2.56. The fourth-order valence-electron chi connectivity index (χ4n) is 3.01. The molecule has 132 valence electrons. The third-order valence-corrected chi connectivity index (χ3v) is 4.23. The summed E-state index contributed by atoms with van der Waals surface area (Å²) in [6.45, 7) is 9.71. The number of nitrogens with zero attached hydrogens (tertiary/aromatic N) is 3. The zero-order valence-corrected chi connectivity index (χ0v) is 15.2. The largest absolute Gasteiger partial charge is 0.368 e. The highest BCUT2D eigenvalue weighted by Crippen LogP contribution is 2.20. The topological polar surface area (TPSA) is 48.5 Å². The van der Waals surface area contributed by atoms with E-state index >= 15 is 0 Å². The van der Waals surface area contributed by atoms with E-state index in [2.05, 4.69) is 44.4 Å². The van der Waals surface area contributed by atoms with Crippen LogP contribution >= 0.6 is 0 Å². The molecule has 1 aromatic carbocycles. The Morgan fingerprint density at radius 3 is 2.16 bits per heavy atom. The second kappa shape index (κ2) is 7.13. The third kappa shape index (κ3) is 4.50. The zero-order chi connectivity index (χ0) is 17.9. The third-order valence-electron chi connectivity index (χ3n) is 4.23. The standard InChI is InChI=1S/C20H26N4O/c1-20(2,3)22-19(25)18-15-17(9-10-21-18)24-13-11-23(12-14-24)16-7-5-4-6-8-16/h4-10,15H,11-14H2,1-3H3,(H,22,25). The second-order valence-electron chi connectivity index (χ2n) is 7.41. The van der Waals surface area contributed by atoms with Gasteiger partial charge in [-0.2, -0.15) is 0 Å². The number of pyridine rings is 1. The van der Waals surface area contributed by atoms with Gasteiger partial charge in [-0.25, -0.2) is 0 Å². The first-order chi connectivity index (χ1) is 11.9. The molecule has 2 aromatic rings. The molecule has 0 aliphatic carbocycles. The summed E-state index contributed by atoms with van der Waals surface area (Å²) in [5, 5.41) is 2.97. The normalized spacial score (nSPS) is 15.2. The molecule has 0 atom stereocenters.